The van der Waals surface area contributed by atoms with Gasteiger partial charge in [-0.15, -0.1) is 10.2 Å². The number of nitrogens with zero attached hydrogens (tertiary/aromatic N) is 4. The average Bonchev–Trinajstić information content (AvgIpc) is 2.74. The molecule has 2 N–H and O–H groups in total. The SMILES string of the molecule is Nc1c(N=Nc2ccccc2)cc(N=Nc2ccccc2)c2ccccc12. The average molecular weight is 351 g/mol. The summed E-state index contributed by atoms with van der Waals surface area (Å²) >= 11 is 0. The molecular formula is C22H17N5. The highest BCUT2D eigenvalue weighted by atomic mass is 15.1. The van der Waals surface area contributed by atoms with Crippen LogP contribution in [0, 0.1) is 0 Å². The smallest absolute Gasteiger partial charge is 0.111 e. The lowest BCUT2D eigenvalue weighted by atomic mass is 10.1. The molecule has 0 amide bonds. The predicted molar refractivity (Wildman–Crippen MR) is 110 cm³/mol. The van der Waals surface area contributed by atoms with Crippen LogP contribution in [0.25, 0.3) is 10.8 Å². The number of anilines is 1. The molecule has 0 aliphatic rings. The Morgan fingerprint density at radius 3 is 1.56 bits per heavy atom. The second-order valence-corrected chi connectivity index (χ2v) is 5.95. The molecule has 0 unspecified atom stereocenters. The molecule has 0 heterocycles. The fraction of sp³-hybridized carbons (Fsp3) is 0. The highest BCUT2D eigenvalue weighted by Crippen LogP contribution is 2.39. The molecule has 0 saturated carbocycles. The van der Waals surface area contributed by atoms with Crippen molar-refractivity contribution < 1.29 is 0 Å². The first-order valence-electron chi connectivity index (χ1n) is 8.56. The molecule has 0 spiro atoms. The zero-order valence-electron chi connectivity index (χ0n) is 14.5. The van der Waals surface area contributed by atoms with Crippen LogP contribution in [0.4, 0.5) is 28.4 Å². The number of benzene rings is 4. The summed E-state index contributed by atoms with van der Waals surface area (Å²) in [5.74, 6) is 0. The van der Waals surface area contributed by atoms with Crippen molar-refractivity contribution in [3.63, 3.8) is 0 Å². The molecule has 4 rings (SSSR count). The molecule has 27 heavy (non-hydrogen) atoms. The largest absolute Gasteiger partial charge is 0.396 e. The van der Waals surface area contributed by atoms with E-state index in [4.69, 9.17) is 5.73 Å². The Labute approximate surface area is 156 Å². The van der Waals surface area contributed by atoms with Crippen molar-refractivity contribution in [2.24, 2.45) is 20.5 Å². The van der Waals surface area contributed by atoms with Crippen molar-refractivity contribution in [2.75, 3.05) is 5.73 Å². The van der Waals surface area contributed by atoms with Gasteiger partial charge in [0.25, 0.3) is 0 Å². The van der Waals surface area contributed by atoms with Gasteiger partial charge in [0.2, 0.25) is 0 Å². The van der Waals surface area contributed by atoms with E-state index in [1.807, 2.05) is 91.0 Å². The lowest BCUT2D eigenvalue weighted by molar-refractivity contribution is 1.21. The molecule has 0 aliphatic heterocycles. The van der Waals surface area contributed by atoms with Crippen LogP contribution in [0.3, 0.4) is 0 Å². The van der Waals surface area contributed by atoms with Gasteiger partial charge in [0.05, 0.1) is 22.7 Å². The Morgan fingerprint density at radius 2 is 0.963 bits per heavy atom. The summed E-state index contributed by atoms with van der Waals surface area (Å²) < 4.78 is 0. The molecule has 0 saturated heterocycles. The van der Waals surface area contributed by atoms with Gasteiger partial charge in [0.15, 0.2) is 0 Å². The van der Waals surface area contributed by atoms with Crippen LogP contribution in [-0.4, -0.2) is 0 Å². The van der Waals surface area contributed by atoms with Crippen LogP contribution in [0.1, 0.15) is 0 Å². The number of fused-ring (bicyclic) bond motifs is 1. The Bertz CT molecular complexity index is 1120. The summed E-state index contributed by atoms with van der Waals surface area (Å²) in [6, 6.07) is 28.8. The molecule has 0 radical (unpaired) electrons. The van der Waals surface area contributed by atoms with Crippen LogP contribution < -0.4 is 5.73 Å². The third-order valence-corrected chi connectivity index (χ3v) is 4.10. The molecule has 4 aromatic rings. The molecule has 0 atom stereocenters. The van der Waals surface area contributed by atoms with Crippen molar-refractivity contribution in [1.29, 1.82) is 0 Å². The fourth-order valence-electron chi connectivity index (χ4n) is 2.74. The van der Waals surface area contributed by atoms with Gasteiger partial charge >= 0.3 is 0 Å². The number of hydrogen-bond acceptors (Lipinski definition) is 5. The maximum absolute atomic E-state index is 6.33. The van der Waals surface area contributed by atoms with Crippen molar-refractivity contribution in [1.82, 2.24) is 0 Å². The van der Waals surface area contributed by atoms with Crippen molar-refractivity contribution in [3.8, 4) is 0 Å². The summed E-state index contributed by atoms with van der Waals surface area (Å²) in [6.45, 7) is 0. The minimum atomic E-state index is 0.569. The highest BCUT2D eigenvalue weighted by molar-refractivity contribution is 6.04. The zero-order chi connectivity index (χ0) is 18.5. The Balaban J connectivity index is 1.79. The first kappa shape index (κ1) is 16.6. The zero-order valence-corrected chi connectivity index (χ0v) is 14.5. The standard InChI is InChI=1S/C22H17N5/c23-22-19-14-8-7-13-18(19)20(26-24-16-9-3-1-4-10-16)15-21(22)27-25-17-11-5-2-6-12-17/h1-15H,23H2. The van der Waals surface area contributed by atoms with E-state index in [-0.39, 0.29) is 0 Å². The predicted octanol–water partition coefficient (Wildman–Crippen LogP) is 7.25. The minimum absolute atomic E-state index is 0.569. The fourth-order valence-corrected chi connectivity index (χ4v) is 2.74. The van der Waals surface area contributed by atoms with Gasteiger partial charge in [-0.1, -0.05) is 60.7 Å². The van der Waals surface area contributed by atoms with Gasteiger partial charge in [-0.3, -0.25) is 0 Å². The lowest BCUT2D eigenvalue weighted by Gasteiger charge is -2.07. The third kappa shape index (κ3) is 3.72. The van der Waals surface area contributed by atoms with E-state index < -0.39 is 0 Å². The van der Waals surface area contributed by atoms with E-state index in [2.05, 4.69) is 20.5 Å². The van der Waals surface area contributed by atoms with E-state index in [1.165, 1.54) is 0 Å². The second kappa shape index (κ2) is 7.58. The van der Waals surface area contributed by atoms with Crippen LogP contribution in [0.5, 0.6) is 0 Å². The van der Waals surface area contributed by atoms with Crippen molar-refractivity contribution >= 4 is 39.2 Å². The monoisotopic (exact) mass is 351 g/mol. The molecule has 0 bridgehead atoms. The van der Waals surface area contributed by atoms with Crippen molar-refractivity contribution in [3.05, 3.63) is 91.0 Å². The Morgan fingerprint density at radius 1 is 0.481 bits per heavy atom. The number of nitrogen functional groups attached to an aromatic ring is 1. The van der Waals surface area contributed by atoms with Gasteiger partial charge in [-0.25, -0.2) is 0 Å². The summed E-state index contributed by atoms with van der Waals surface area (Å²) in [5, 5.41) is 19.2. The quantitative estimate of drug-likeness (QED) is 0.305. The summed E-state index contributed by atoms with van der Waals surface area (Å²) in [4.78, 5) is 0. The normalized spacial score (nSPS) is 11.6. The summed E-state index contributed by atoms with van der Waals surface area (Å²) in [5.41, 5.74) is 9.72. The van der Waals surface area contributed by atoms with Crippen LogP contribution in [0.2, 0.25) is 0 Å². The van der Waals surface area contributed by atoms with E-state index in [0.29, 0.717) is 17.1 Å². The van der Waals surface area contributed by atoms with E-state index in [1.54, 1.807) is 0 Å². The molecule has 0 aliphatic carbocycles. The second-order valence-electron chi connectivity index (χ2n) is 5.95. The maximum Gasteiger partial charge on any atom is 0.111 e. The number of rotatable bonds is 4. The number of hydrogen-bond donors (Lipinski definition) is 1. The van der Waals surface area contributed by atoms with Gasteiger partial charge in [-0.05, 0) is 30.3 Å². The Hall–Kier alpha value is -3.86. The van der Waals surface area contributed by atoms with Gasteiger partial charge in [-0.2, -0.15) is 10.2 Å². The molecule has 0 aromatic heterocycles. The summed E-state index contributed by atoms with van der Waals surface area (Å²) in [7, 11) is 0. The van der Waals surface area contributed by atoms with E-state index in [9.17, 15) is 0 Å². The van der Waals surface area contributed by atoms with Gasteiger partial charge in [0.1, 0.15) is 5.69 Å². The van der Waals surface area contributed by atoms with Gasteiger partial charge in [0, 0.05) is 10.8 Å². The van der Waals surface area contributed by atoms with Gasteiger partial charge < -0.3 is 5.73 Å². The Kier molecular flexibility index (Phi) is 4.66. The highest BCUT2D eigenvalue weighted by Gasteiger charge is 2.09. The first-order valence-corrected chi connectivity index (χ1v) is 8.56. The van der Waals surface area contributed by atoms with E-state index >= 15 is 0 Å². The molecular weight excluding hydrogens is 334 g/mol. The first-order chi connectivity index (χ1) is 13.3. The molecule has 5 heteroatoms. The molecule has 0 fully saturated rings. The lowest BCUT2D eigenvalue weighted by Crippen LogP contribution is -1.88. The van der Waals surface area contributed by atoms with Crippen LogP contribution in [0.15, 0.2) is 111 Å². The maximum atomic E-state index is 6.33. The molecule has 4 aromatic carbocycles. The molecule has 5 nitrogen and oxygen atoms in total. The molecule has 130 valence electrons. The third-order valence-electron chi connectivity index (χ3n) is 4.10. The topological polar surface area (TPSA) is 75.5 Å². The van der Waals surface area contributed by atoms with Crippen molar-refractivity contribution in [2.45, 2.75) is 0 Å². The summed E-state index contributed by atoms with van der Waals surface area (Å²) in [6.07, 6.45) is 0. The van der Waals surface area contributed by atoms with E-state index in [0.717, 1.165) is 22.1 Å². The number of nitrogens with two attached hydrogens (primary N) is 1. The van der Waals surface area contributed by atoms with Crippen LogP contribution >= 0.6 is 0 Å². The number of azo groups is 2. The van der Waals surface area contributed by atoms with Crippen LogP contribution in [-0.2, 0) is 0 Å². The minimum Gasteiger partial charge on any atom is -0.396 e.